The Balaban J connectivity index is 3.04. The van der Waals surface area contributed by atoms with Crippen molar-refractivity contribution in [3.63, 3.8) is 0 Å². The van der Waals surface area contributed by atoms with Crippen molar-refractivity contribution in [2.75, 3.05) is 6.61 Å². The minimum absolute atomic E-state index is 0.292. The molecule has 0 aromatic carbocycles. The van der Waals surface area contributed by atoms with Crippen LogP contribution in [0.2, 0.25) is 0 Å². The molecule has 9 heavy (non-hydrogen) atoms. The van der Waals surface area contributed by atoms with Crippen molar-refractivity contribution >= 4 is 0 Å². The first-order valence-corrected chi connectivity index (χ1v) is 3.30. The SMILES string of the molecule is CC=CC=CCCCO. The molecule has 0 unspecified atom stereocenters. The van der Waals surface area contributed by atoms with Crippen LogP contribution in [0.4, 0.5) is 0 Å². The molecule has 52 valence electrons. The van der Waals surface area contributed by atoms with Crippen molar-refractivity contribution in [3.05, 3.63) is 24.3 Å². The summed E-state index contributed by atoms with van der Waals surface area (Å²) in [5.41, 5.74) is 0. The van der Waals surface area contributed by atoms with Crippen LogP contribution < -0.4 is 0 Å². The number of unbranched alkanes of at least 4 members (excludes halogenated alkanes) is 1. The van der Waals surface area contributed by atoms with E-state index < -0.39 is 0 Å². The molecule has 1 nitrogen and oxygen atoms in total. The molecule has 0 aliphatic heterocycles. The number of hydrogen-bond donors (Lipinski definition) is 1. The van der Waals surface area contributed by atoms with Gasteiger partial charge in [-0.3, -0.25) is 0 Å². The van der Waals surface area contributed by atoms with Crippen LogP contribution in [0.15, 0.2) is 24.3 Å². The molecule has 0 amide bonds. The molecular weight excluding hydrogens is 112 g/mol. The Morgan fingerprint density at radius 2 is 2.11 bits per heavy atom. The average molecular weight is 126 g/mol. The monoisotopic (exact) mass is 126 g/mol. The zero-order chi connectivity index (χ0) is 6.95. The third-order valence-corrected chi connectivity index (χ3v) is 0.969. The highest BCUT2D eigenvalue weighted by atomic mass is 16.2. The standard InChI is InChI=1S/C8H14O/c1-2-3-4-5-6-7-8-9/h2-5,9H,6-8H2,1H3. The van der Waals surface area contributed by atoms with Gasteiger partial charge in [0.1, 0.15) is 0 Å². The second-order valence-corrected chi connectivity index (χ2v) is 1.82. The summed E-state index contributed by atoms with van der Waals surface area (Å²) in [5.74, 6) is 0. The predicted octanol–water partition coefficient (Wildman–Crippen LogP) is 1.89. The Morgan fingerprint density at radius 3 is 2.67 bits per heavy atom. The van der Waals surface area contributed by atoms with Gasteiger partial charge in [0.2, 0.25) is 0 Å². The number of aliphatic hydroxyl groups is 1. The molecule has 0 rings (SSSR count). The van der Waals surface area contributed by atoms with Gasteiger partial charge in [0.05, 0.1) is 0 Å². The van der Waals surface area contributed by atoms with Crippen molar-refractivity contribution in [2.45, 2.75) is 19.8 Å². The predicted molar refractivity (Wildman–Crippen MR) is 40.3 cm³/mol. The van der Waals surface area contributed by atoms with Crippen LogP contribution in [0, 0.1) is 0 Å². The van der Waals surface area contributed by atoms with E-state index >= 15 is 0 Å². The summed E-state index contributed by atoms with van der Waals surface area (Å²) in [6.45, 7) is 2.27. The highest BCUT2D eigenvalue weighted by Gasteiger charge is 1.75. The van der Waals surface area contributed by atoms with Gasteiger partial charge in [-0.25, -0.2) is 0 Å². The highest BCUT2D eigenvalue weighted by Crippen LogP contribution is 1.88. The molecule has 1 N–H and O–H groups in total. The molecule has 0 atom stereocenters. The maximum atomic E-state index is 8.37. The Hall–Kier alpha value is -0.560. The van der Waals surface area contributed by atoms with E-state index in [0.29, 0.717) is 6.61 Å². The topological polar surface area (TPSA) is 20.2 Å². The first-order chi connectivity index (χ1) is 4.41. The lowest BCUT2D eigenvalue weighted by Crippen LogP contribution is -1.77. The Morgan fingerprint density at radius 1 is 1.33 bits per heavy atom. The van der Waals surface area contributed by atoms with Gasteiger partial charge in [0, 0.05) is 6.61 Å². The minimum Gasteiger partial charge on any atom is -0.396 e. The Labute approximate surface area is 56.7 Å². The van der Waals surface area contributed by atoms with Crippen molar-refractivity contribution in [1.82, 2.24) is 0 Å². The van der Waals surface area contributed by atoms with Crippen molar-refractivity contribution in [1.29, 1.82) is 0 Å². The molecule has 0 aliphatic rings. The van der Waals surface area contributed by atoms with Crippen molar-refractivity contribution in [3.8, 4) is 0 Å². The lowest BCUT2D eigenvalue weighted by molar-refractivity contribution is 0.289. The number of hydrogen-bond acceptors (Lipinski definition) is 1. The fourth-order valence-electron chi connectivity index (χ4n) is 0.495. The molecule has 0 aromatic heterocycles. The molecule has 0 bridgehead atoms. The number of rotatable bonds is 4. The van der Waals surface area contributed by atoms with Gasteiger partial charge >= 0.3 is 0 Å². The highest BCUT2D eigenvalue weighted by molar-refractivity contribution is 5.00. The van der Waals surface area contributed by atoms with Gasteiger partial charge in [-0.2, -0.15) is 0 Å². The van der Waals surface area contributed by atoms with E-state index in [0.717, 1.165) is 12.8 Å². The van der Waals surface area contributed by atoms with E-state index in [9.17, 15) is 0 Å². The lowest BCUT2D eigenvalue weighted by atomic mass is 10.3. The largest absolute Gasteiger partial charge is 0.396 e. The van der Waals surface area contributed by atoms with E-state index in [1.54, 1.807) is 0 Å². The molecule has 0 saturated carbocycles. The van der Waals surface area contributed by atoms with Crippen LogP contribution in [-0.2, 0) is 0 Å². The molecule has 0 fully saturated rings. The number of allylic oxidation sites excluding steroid dienone is 4. The van der Waals surface area contributed by atoms with Crippen LogP contribution in [0.3, 0.4) is 0 Å². The van der Waals surface area contributed by atoms with Crippen molar-refractivity contribution in [2.24, 2.45) is 0 Å². The van der Waals surface area contributed by atoms with Crippen LogP contribution in [0.25, 0.3) is 0 Å². The van der Waals surface area contributed by atoms with Gasteiger partial charge in [-0.1, -0.05) is 24.3 Å². The molecule has 0 radical (unpaired) electrons. The maximum absolute atomic E-state index is 8.37. The van der Waals surface area contributed by atoms with Crippen LogP contribution in [-0.4, -0.2) is 11.7 Å². The molecule has 0 aliphatic carbocycles. The Kier molecular flexibility index (Phi) is 6.98. The van der Waals surface area contributed by atoms with E-state index in [4.69, 9.17) is 5.11 Å². The second-order valence-electron chi connectivity index (χ2n) is 1.82. The van der Waals surface area contributed by atoms with Gasteiger partial charge in [-0.15, -0.1) is 0 Å². The fraction of sp³-hybridized carbons (Fsp3) is 0.500. The van der Waals surface area contributed by atoms with Gasteiger partial charge in [0.25, 0.3) is 0 Å². The lowest BCUT2D eigenvalue weighted by Gasteiger charge is -1.84. The Bertz CT molecular complexity index is 92.7. The summed E-state index contributed by atoms with van der Waals surface area (Å²) in [7, 11) is 0. The minimum atomic E-state index is 0.292. The van der Waals surface area contributed by atoms with Gasteiger partial charge in [-0.05, 0) is 19.8 Å². The zero-order valence-corrected chi connectivity index (χ0v) is 5.88. The zero-order valence-electron chi connectivity index (χ0n) is 5.88. The third-order valence-electron chi connectivity index (χ3n) is 0.969. The van der Waals surface area contributed by atoms with E-state index in [1.165, 1.54) is 0 Å². The summed E-state index contributed by atoms with van der Waals surface area (Å²) >= 11 is 0. The van der Waals surface area contributed by atoms with Gasteiger partial charge in [0.15, 0.2) is 0 Å². The summed E-state index contributed by atoms with van der Waals surface area (Å²) in [6.07, 6.45) is 9.85. The number of aliphatic hydroxyl groups excluding tert-OH is 1. The van der Waals surface area contributed by atoms with Crippen LogP contribution in [0.5, 0.6) is 0 Å². The molecule has 0 spiro atoms. The maximum Gasteiger partial charge on any atom is 0.0433 e. The molecule has 0 heterocycles. The quantitative estimate of drug-likeness (QED) is 0.450. The van der Waals surface area contributed by atoms with Crippen molar-refractivity contribution < 1.29 is 5.11 Å². The van der Waals surface area contributed by atoms with E-state index in [-0.39, 0.29) is 0 Å². The summed E-state index contributed by atoms with van der Waals surface area (Å²) in [6, 6.07) is 0. The molecule has 0 saturated heterocycles. The van der Waals surface area contributed by atoms with Gasteiger partial charge < -0.3 is 5.11 Å². The first-order valence-electron chi connectivity index (χ1n) is 3.30. The summed E-state index contributed by atoms with van der Waals surface area (Å²) in [5, 5.41) is 8.37. The van der Waals surface area contributed by atoms with E-state index in [2.05, 4.69) is 6.08 Å². The van der Waals surface area contributed by atoms with E-state index in [1.807, 2.05) is 25.2 Å². The molecule has 0 aromatic rings. The normalized spacial score (nSPS) is 11.8. The van der Waals surface area contributed by atoms with Crippen LogP contribution in [0.1, 0.15) is 19.8 Å². The summed E-state index contributed by atoms with van der Waals surface area (Å²) in [4.78, 5) is 0. The molecular formula is C8H14O. The fourth-order valence-corrected chi connectivity index (χ4v) is 0.495. The van der Waals surface area contributed by atoms with Crippen LogP contribution >= 0.6 is 0 Å². The first kappa shape index (κ1) is 8.44. The second kappa shape index (κ2) is 7.44. The summed E-state index contributed by atoms with van der Waals surface area (Å²) < 4.78 is 0. The smallest absolute Gasteiger partial charge is 0.0433 e. The average Bonchev–Trinajstić information content (AvgIpc) is 1.89. The third kappa shape index (κ3) is 7.44. The molecule has 1 heteroatoms.